The Balaban J connectivity index is 2.15. The number of nitrogens with zero attached hydrogens (tertiary/aromatic N) is 2. The number of amides is 1. The summed E-state index contributed by atoms with van der Waals surface area (Å²) in [6.45, 7) is 17.7. The number of aryl methyl sites for hydroxylation is 1. The topological polar surface area (TPSA) is 126 Å². The predicted octanol–water partition coefficient (Wildman–Crippen LogP) is 7.99. The summed E-state index contributed by atoms with van der Waals surface area (Å²) in [6.07, 6.45) is -4.97. The van der Waals surface area contributed by atoms with Crippen molar-refractivity contribution >= 4 is 40.3 Å². The molecule has 2 aromatic carbocycles. The molecule has 0 bridgehead atoms. The Morgan fingerprint density at radius 2 is 1.58 bits per heavy atom. The summed E-state index contributed by atoms with van der Waals surface area (Å²) in [6, 6.07) is 7.62. The van der Waals surface area contributed by atoms with Gasteiger partial charge in [0.25, 0.3) is 0 Å². The Morgan fingerprint density at radius 3 is 2.15 bits per heavy atom. The van der Waals surface area contributed by atoms with Crippen molar-refractivity contribution in [3.63, 3.8) is 0 Å². The highest BCUT2D eigenvalue weighted by atomic mass is 19.4. The van der Waals surface area contributed by atoms with Gasteiger partial charge in [0, 0.05) is 17.3 Å². The van der Waals surface area contributed by atoms with Gasteiger partial charge in [-0.25, -0.2) is 19.4 Å². The van der Waals surface area contributed by atoms with E-state index >= 15 is 0 Å². The number of hydrogen-bond acceptors (Lipinski definition) is 10. The quantitative estimate of drug-likeness (QED) is 0.128. The average Bonchev–Trinajstić information content (AvgIpc) is 2.94. The van der Waals surface area contributed by atoms with Crippen molar-refractivity contribution in [3.8, 4) is 11.5 Å². The van der Waals surface area contributed by atoms with Crippen LogP contribution >= 0.6 is 0 Å². The van der Waals surface area contributed by atoms with Gasteiger partial charge in [-0.3, -0.25) is 4.84 Å². The third-order valence-corrected chi connectivity index (χ3v) is 6.23. The Labute approximate surface area is 277 Å². The smallest absolute Gasteiger partial charge is 0.490 e. The fourth-order valence-corrected chi connectivity index (χ4v) is 4.42. The van der Waals surface area contributed by atoms with Crippen LogP contribution in [0.4, 0.5) is 29.5 Å². The zero-order valence-electron chi connectivity index (χ0n) is 28.7. The summed E-state index contributed by atoms with van der Waals surface area (Å²) in [4.78, 5) is 48.5. The fourth-order valence-electron chi connectivity index (χ4n) is 4.42. The largest absolute Gasteiger partial charge is 0.491 e. The highest BCUT2D eigenvalue weighted by Gasteiger charge is 2.44. The molecule has 0 aliphatic heterocycles. The van der Waals surface area contributed by atoms with E-state index in [-0.39, 0.29) is 29.8 Å². The maximum atomic E-state index is 13.3. The summed E-state index contributed by atoms with van der Waals surface area (Å²) in [5.74, 6) is -3.45. The van der Waals surface area contributed by atoms with Crippen LogP contribution in [0.1, 0.15) is 79.5 Å². The Hall–Kier alpha value is -4.59. The number of carbonyl (C=O) groups is 3. The normalized spacial score (nSPS) is 12.8. The summed E-state index contributed by atoms with van der Waals surface area (Å²) >= 11 is 0. The molecular formula is C34H42F3N3O8. The lowest BCUT2D eigenvalue weighted by atomic mass is 10.0. The van der Waals surface area contributed by atoms with Gasteiger partial charge < -0.3 is 24.3 Å². The zero-order valence-corrected chi connectivity index (χ0v) is 28.7. The lowest BCUT2D eigenvalue weighted by Gasteiger charge is -2.31. The van der Waals surface area contributed by atoms with Crippen molar-refractivity contribution in [2.75, 3.05) is 17.0 Å². The SMILES string of the molecule is CCOc1cc(C(Nc2ccc3c(N(OC(C)(C)C)C(=O)OC(C)(C)C)nccc3c2C)C(=O)OC(=O)C(F)(F)F)ccc1OC(C)C. The minimum absolute atomic E-state index is 0.125. The van der Waals surface area contributed by atoms with E-state index in [1.165, 1.54) is 24.4 Å². The number of esters is 2. The monoisotopic (exact) mass is 677 g/mol. The van der Waals surface area contributed by atoms with Gasteiger partial charge in [0.05, 0.1) is 18.3 Å². The summed E-state index contributed by atoms with van der Waals surface area (Å²) in [5, 5.41) is 4.94. The highest BCUT2D eigenvalue weighted by molar-refractivity contribution is 6.02. The molecule has 48 heavy (non-hydrogen) atoms. The number of rotatable bonds is 10. The minimum Gasteiger partial charge on any atom is -0.490 e. The van der Waals surface area contributed by atoms with Gasteiger partial charge in [-0.05, 0) is 116 Å². The standard InChI is InChI=1S/C34H42F3N3O8/c1-11-44-26-18-21(12-15-25(26)45-19(2)3)27(29(41)46-30(42)34(35,36)37)39-24-14-13-23-22(20(24)4)16-17-38-28(23)40(48-33(8,9)10)31(43)47-32(5,6)7/h12-19,27,39H,11H2,1-10H3. The molecule has 1 atom stereocenters. The highest BCUT2D eigenvalue weighted by Crippen LogP contribution is 2.37. The molecule has 3 rings (SSSR count). The van der Waals surface area contributed by atoms with Crippen LogP contribution in [-0.2, 0) is 23.9 Å². The summed E-state index contributed by atoms with van der Waals surface area (Å²) in [7, 11) is 0. The van der Waals surface area contributed by atoms with Gasteiger partial charge in [-0.15, -0.1) is 5.06 Å². The average molecular weight is 678 g/mol. The molecule has 3 aromatic rings. The third kappa shape index (κ3) is 9.96. The number of anilines is 2. The van der Waals surface area contributed by atoms with Crippen LogP contribution in [0, 0.1) is 6.92 Å². The van der Waals surface area contributed by atoms with Crippen LogP contribution in [0.25, 0.3) is 10.8 Å². The van der Waals surface area contributed by atoms with E-state index in [0.29, 0.717) is 27.8 Å². The van der Waals surface area contributed by atoms with Gasteiger partial charge in [0.1, 0.15) is 5.60 Å². The molecule has 1 heterocycles. The Bertz CT molecular complexity index is 1650. The van der Waals surface area contributed by atoms with Crippen LogP contribution in [0.15, 0.2) is 42.6 Å². The second kappa shape index (κ2) is 14.7. The number of halogens is 3. The second-order valence-corrected chi connectivity index (χ2v) is 13.0. The van der Waals surface area contributed by atoms with Crippen molar-refractivity contribution in [2.45, 2.75) is 98.8 Å². The summed E-state index contributed by atoms with van der Waals surface area (Å²) in [5.41, 5.74) is -0.691. The number of benzene rings is 2. The molecule has 0 radical (unpaired) electrons. The number of fused-ring (bicyclic) bond motifs is 1. The zero-order chi connectivity index (χ0) is 36.2. The van der Waals surface area contributed by atoms with Crippen LogP contribution in [-0.4, -0.2) is 53.1 Å². The molecule has 14 heteroatoms. The van der Waals surface area contributed by atoms with Gasteiger partial charge in [0.2, 0.25) is 0 Å². The molecule has 0 aliphatic rings. The van der Waals surface area contributed by atoms with Crippen LogP contribution in [0.2, 0.25) is 0 Å². The van der Waals surface area contributed by atoms with Gasteiger partial charge in [0.15, 0.2) is 23.4 Å². The first kappa shape index (κ1) is 37.9. The molecule has 0 saturated heterocycles. The molecular weight excluding hydrogens is 635 g/mol. The number of pyridine rings is 1. The van der Waals surface area contributed by atoms with E-state index in [9.17, 15) is 27.6 Å². The molecule has 1 N–H and O–H groups in total. The molecule has 11 nitrogen and oxygen atoms in total. The van der Waals surface area contributed by atoms with Crippen molar-refractivity contribution in [2.24, 2.45) is 0 Å². The van der Waals surface area contributed by atoms with E-state index in [1.807, 2.05) is 0 Å². The summed E-state index contributed by atoms with van der Waals surface area (Å²) < 4.78 is 60.6. The van der Waals surface area contributed by atoms with Crippen molar-refractivity contribution in [1.82, 2.24) is 4.98 Å². The minimum atomic E-state index is -5.40. The first-order chi connectivity index (χ1) is 22.1. The van der Waals surface area contributed by atoms with E-state index in [0.717, 1.165) is 5.06 Å². The third-order valence-electron chi connectivity index (χ3n) is 6.23. The second-order valence-electron chi connectivity index (χ2n) is 13.0. The van der Waals surface area contributed by atoms with Crippen LogP contribution in [0.3, 0.4) is 0 Å². The predicted molar refractivity (Wildman–Crippen MR) is 173 cm³/mol. The molecule has 0 aliphatic carbocycles. The number of ether oxygens (including phenoxy) is 4. The lowest BCUT2D eigenvalue weighted by Crippen LogP contribution is -2.42. The molecule has 0 saturated carbocycles. The van der Waals surface area contributed by atoms with Gasteiger partial charge in [-0.1, -0.05) is 6.07 Å². The fraction of sp³-hybridized carbons (Fsp3) is 0.471. The number of hydrogen-bond donors (Lipinski definition) is 1. The lowest BCUT2D eigenvalue weighted by molar-refractivity contribution is -0.202. The molecule has 0 spiro atoms. The van der Waals surface area contributed by atoms with Gasteiger partial charge >= 0.3 is 24.2 Å². The van der Waals surface area contributed by atoms with E-state index in [2.05, 4.69) is 15.0 Å². The Kier molecular flexibility index (Phi) is 11.6. The van der Waals surface area contributed by atoms with E-state index < -0.39 is 41.5 Å². The van der Waals surface area contributed by atoms with Gasteiger partial charge in [-0.2, -0.15) is 13.2 Å². The van der Waals surface area contributed by atoms with Crippen molar-refractivity contribution in [1.29, 1.82) is 0 Å². The number of aromatic nitrogens is 1. The number of hydroxylamine groups is 1. The number of carbonyl (C=O) groups excluding carboxylic acids is 3. The molecule has 1 unspecified atom stereocenters. The number of nitrogens with one attached hydrogen (secondary N) is 1. The number of alkyl halides is 3. The van der Waals surface area contributed by atoms with Crippen molar-refractivity contribution < 1.29 is 51.3 Å². The molecule has 0 fully saturated rings. The maximum absolute atomic E-state index is 13.3. The Morgan fingerprint density at radius 1 is 0.917 bits per heavy atom. The van der Waals surface area contributed by atoms with Crippen LogP contribution in [0.5, 0.6) is 11.5 Å². The molecule has 1 amide bonds. The van der Waals surface area contributed by atoms with Crippen LogP contribution < -0.4 is 19.9 Å². The first-order valence-corrected chi connectivity index (χ1v) is 15.2. The maximum Gasteiger partial charge on any atom is 0.491 e. The van der Waals surface area contributed by atoms with E-state index in [4.69, 9.17) is 19.0 Å². The first-order valence-electron chi connectivity index (χ1n) is 15.2. The van der Waals surface area contributed by atoms with Crippen molar-refractivity contribution in [3.05, 3.63) is 53.7 Å². The van der Waals surface area contributed by atoms with E-state index in [1.54, 1.807) is 87.4 Å². The molecule has 1 aromatic heterocycles. The molecule has 262 valence electrons.